The van der Waals surface area contributed by atoms with Gasteiger partial charge in [-0.1, -0.05) is 6.07 Å². The van der Waals surface area contributed by atoms with Gasteiger partial charge in [0.15, 0.2) is 0 Å². The zero-order valence-electron chi connectivity index (χ0n) is 8.97. The molecule has 5 nitrogen and oxygen atoms in total. The van der Waals surface area contributed by atoms with Gasteiger partial charge in [-0.25, -0.2) is 4.79 Å². The summed E-state index contributed by atoms with van der Waals surface area (Å²) < 4.78 is 4.90. The van der Waals surface area contributed by atoms with Crippen molar-refractivity contribution in [2.24, 2.45) is 0 Å². The molecule has 1 rings (SSSR count). The molecule has 17 heavy (non-hydrogen) atoms. The predicted molar refractivity (Wildman–Crippen MR) is 59.2 cm³/mol. The van der Waals surface area contributed by atoms with Crippen molar-refractivity contribution in [1.82, 2.24) is 0 Å². The highest BCUT2D eigenvalue weighted by molar-refractivity contribution is 5.93. The van der Waals surface area contributed by atoms with Gasteiger partial charge in [0.1, 0.15) is 23.5 Å². The van der Waals surface area contributed by atoms with Gasteiger partial charge in [-0.15, -0.1) is 0 Å². The summed E-state index contributed by atoms with van der Waals surface area (Å²) in [6.45, 7) is 0. The Bertz CT molecular complexity index is 546. The quantitative estimate of drug-likeness (QED) is 0.796. The number of hydrogen-bond acceptors (Lipinski definition) is 4. The normalized spacial score (nSPS) is 8.65. The van der Waals surface area contributed by atoms with Gasteiger partial charge in [0, 0.05) is 0 Å². The van der Waals surface area contributed by atoms with E-state index >= 15 is 0 Å². The molecule has 0 aliphatic carbocycles. The Labute approximate surface area is 97.8 Å². The first-order valence-electron chi connectivity index (χ1n) is 4.55. The van der Waals surface area contributed by atoms with Crippen molar-refractivity contribution in [3.8, 4) is 17.9 Å². The molecule has 0 spiro atoms. The molecule has 0 saturated heterocycles. The third kappa shape index (κ3) is 2.83. The van der Waals surface area contributed by atoms with Crippen LogP contribution < -0.4 is 4.74 Å². The summed E-state index contributed by atoms with van der Waals surface area (Å²) in [4.78, 5) is 11.0. The Morgan fingerprint density at radius 2 is 2.06 bits per heavy atom. The molecule has 0 amide bonds. The first-order chi connectivity index (χ1) is 8.12. The smallest absolute Gasteiger partial charge is 0.336 e. The van der Waals surface area contributed by atoms with Crippen LogP contribution in [0.25, 0.3) is 6.08 Å². The monoisotopic (exact) mass is 228 g/mol. The first-order valence-corrected chi connectivity index (χ1v) is 4.55. The highest BCUT2D eigenvalue weighted by atomic mass is 16.5. The van der Waals surface area contributed by atoms with Crippen LogP contribution in [0.5, 0.6) is 5.75 Å². The Kier molecular flexibility index (Phi) is 3.86. The zero-order chi connectivity index (χ0) is 12.8. The van der Waals surface area contributed by atoms with E-state index < -0.39 is 5.97 Å². The van der Waals surface area contributed by atoms with Crippen LogP contribution in [-0.2, 0) is 0 Å². The summed E-state index contributed by atoms with van der Waals surface area (Å²) in [6, 6.07) is 7.72. The van der Waals surface area contributed by atoms with Gasteiger partial charge >= 0.3 is 5.97 Å². The molecule has 0 unspecified atom stereocenters. The van der Waals surface area contributed by atoms with E-state index in [4.69, 9.17) is 20.4 Å². The Balaban J connectivity index is 3.36. The van der Waals surface area contributed by atoms with Crippen LogP contribution in [0.15, 0.2) is 23.8 Å². The minimum Gasteiger partial charge on any atom is -0.497 e. The molecule has 0 fully saturated rings. The third-order valence-electron chi connectivity index (χ3n) is 2.03. The SMILES string of the molecule is COc1ccc(C=C(C#N)C#N)c(C(=O)O)c1. The minimum absolute atomic E-state index is 0.0210. The maximum absolute atomic E-state index is 11.0. The summed E-state index contributed by atoms with van der Waals surface area (Å²) in [6.07, 6.45) is 1.23. The van der Waals surface area contributed by atoms with Gasteiger partial charge in [0.25, 0.3) is 0 Å². The molecule has 1 aromatic carbocycles. The number of methoxy groups -OCH3 is 1. The summed E-state index contributed by atoms with van der Waals surface area (Å²) >= 11 is 0. The summed E-state index contributed by atoms with van der Waals surface area (Å²) in [7, 11) is 1.42. The molecular formula is C12H8N2O3. The number of nitrogens with zero attached hydrogens (tertiary/aromatic N) is 2. The largest absolute Gasteiger partial charge is 0.497 e. The number of hydrogen-bond donors (Lipinski definition) is 1. The average Bonchev–Trinajstić information content (AvgIpc) is 2.35. The van der Waals surface area contributed by atoms with E-state index in [0.717, 1.165) is 0 Å². The van der Waals surface area contributed by atoms with Crippen LogP contribution >= 0.6 is 0 Å². The number of carboxylic acids is 1. The Hall–Kier alpha value is -2.79. The average molecular weight is 228 g/mol. The van der Waals surface area contributed by atoms with E-state index in [1.54, 1.807) is 18.2 Å². The highest BCUT2D eigenvalue weighted by Crippen LogP contribution is 2.20. The number of carbonyl (C=O) groups is 1. The molecule has 0 saturated carbocycles. The molecule has 5 heteroatoms. The maximum atomic E-state index is 11.0. The van der Waals surface area contributed by atoms with Crippen molar-refractivity contribution in [2.45, 2.75) is 0 Å². The second-order valence-electron chi connectivity index (χ2n) is 3.04. The number of carboxylic acid groups (broad SMARTS) is 1. The molecule has 0 atom stereocenters. The summed E-state index contributed by atoms with van der Waals surface area (Å²) in [5.41, 5.74) is 0.112. The molecule has 0 bridgehead atoms. The van der Waals surface area contributed by atoms with Crippen molar-refractivity contribution < 1.29 is 14.6 Å². The maximum Gasteiger partial charge on any atom is 0.336 e. The number of benzene rings is 1. The number of rotatable bonds is 3. The van der Waals surface area contributed by atoms with E-state index in [1.807, 2.05) is 0 Å². The highest BCUT2D eigenvalue weighted by Gasteiger charge is 2.10. The number of ether oxygens (including phenoxy) is 1. The van der Waals surface area contributed by atoms with Crippen molar-refractivity contribution in [1.29, 1.82) is 10.5 Å². The van der Waals surface area contributed by atoms with Crippen LogP contribution in [0.2, 0.25) is 0 Å². The van der Waals surface area contributed by atoms with E-state index in [0.29, 0.717) is 5.75 Å². The first kappa shape index (κ1) is 12.3. The lowest BCUT2D eigenvalue weighted by atomic mass is 10.0. The Morgan fingerprint density at radius 1 is 1.41 bits per heavy atom. The minimum atomic E-state index is -1.15. The predicted octanol–water partition coefficient (Wildman–Crippen LogP) is 1.82. The molecule has 0 radical (unpaired) electrons. The molecule has 0 aliphatic heterocycles. The summed E-state index contributed by atoms with van der Waals surface area (Å²) in [5.74, 6) is -0.750. The lowest BCUT2D eigenvalue weighted by Gasteiger charge is -2.04. The molecule has 1 aromatic rings. The number of allylic oxidation sites excluding steroid dienone is 1. The van der Waals surface area contributed by atoms with E-state index in [9.17, 15) is 4.79 Å². The lowest BCUT2D eigenvalue weighted by Crippen LogP contribution is -2.00. The van der Waals surface area contributed by atoms with Crippen LogP contribution in [0.1, 0.15) is 15.9 Å². The molecule has 84 valence electrons. The van der Waals surface area contributed by atoms with Crippen molar-refractivity contribution in [3.05, 3.63) is 34.9 Å². The van der Waals surface area contributed by atoms with Gasteiger partial charge in [-0.3, -0.25) is 0 Å². The van der Waals surface area contributed by atoms with E-state index in [-0.39, 0.29) is 16.7 Å². The molecule has 0 heterocycles. The van der Waals surface area contributed by atoms with Crippen LogP contribution in [-0.4, -0.2) is 18.2 Å². The van der Waals surface area contributed by atoms with E-state index in [1.165, 1.54) is 25.3 Å². The van der Waals surface area contributed by atoms with E-state index in [2.05, 4.69) is 0 Å². The second-order valence-corrected chi connectivity index (χ2v) is 3.04. The zero-order valence-corrected chi connectivity index (χ0v) is 8.97. The van der Waals surface area contributed by atoms with Crippen LogP contribution in [0.4, 0.5) is 0 Å². The van der Waals surface area contributed by atoms with Gasteiger partial charge in [-0.05, 0) is 23.8 Å². The topological polar surface area (TPSA) is 94.1 Å². The van der Waals surface area contributed by atoms with Crippen molar-refractivity contribution in [2.75, 3.05) is 7.11 Å². The van der Waals surface area contributed by atoms with Gasteiger partial charge < -0.3 is 9.84 Å². The van der Waals surface area contributed by atoms with Gasteiger partial charge in [0.05, 0.1) is 12.7 Å². The van der Waals surface area contributed by atoms with Crippen molar-refractivity contribution in [3.63, 3.8) is 0 Å². The fourth-order valence-electron chi connectivity index (χ4n) is 1.22. The van der Waals surface area contributed by atoms with Crippen LogP contribution in [0.3, 0.4) is 0 Å². The fourth-order valence-corrected chi connectivity index (χ4v) is 1.22. The van der Waals surface area contributed by atoms with Gasteiger partial charge in [-0.2, -0.15) is 10.5 Å². The van der Waals surface area contributed by atoms with Gasteiger partial charge in [0.2, 0.25) is 0 Å². The third-order valence-corrected chi connectivity index (χ3v) is 2.03. The Morgan fingerprint density at radius 3 is 2.53 bits per heavy atom. The number of aromatic carboxylic acids is 1. The lowest BCUT2D eigenvalue weighted by molar-refractivity contribution is 0.0696. The summed E-state index contributed by atoms with van der Waals surface area (Å²) in [5, 5.41) is 26.2. The molecule has 0 aromatic heterocycles. The number of nitriles is 2. The standard InChI is InChI=1S/C12H8N2O3/c1-17-10-3-2-9(4-8(6-13)7-14)11(5-10)12(15)16/h2-5H,1H3,(H,15,16). The fraction of sp³-hybridized carbons (Fsp3) is 0.0833. The van der Waals surface area contributed by atoms with Crippen molar-refractivity contribution >= 4 is 12.0 Å². The van der Waals surface area contributed by atoms with Crippen LogP contribution in [0, 0.1) is 22.7 Å². The molecule has 0 aliphatic rings. The second kappa shape index (κ2) is 5.34. The molecular weight excluding hydrogens is 220 g/mol. The molecule has 1 N–H and O–H groups in total.